The summed E-state index contributed by atoms with van der Waals surface area (Å²) >= 11 is 0. The van der Waals surface area contributed by atoms with Gasteiger partial charge in [0.05, 0.1) is 0 Å². The molecule has 2 atom stereocenters. The van der Waals surface area contributed by atoms with Crippen LogP contribution in [-0.2, 0) is 0 Å². The molecular formula is C19H34N2. The minimum absolute atomic E-state index is 0.507. The third-order valence-electron chi connectivity index (χ3n) is 3.79. The summed E-state index contributed by atoms with van der Waals surface area (Å²) in [6, 6.07) is 7.52. The molecule has 0 fully saturated rings. The Morgan fingerprint density at radius 3 is 1.48 bits per heavy atom. The number of hydrogen-bond acceptors (Lipinski definition) is 2. The van der Waals surface area contributed by atoms with Gasteiger partial charge in [0.25, 0.3) is 0 Å². The molecule has 0 radical (unpaired) electrons. The summed E-state index contributed by atoms with van der Waals surface area (Å²) < 4.78 is 0. The zero-order valence-electron chi connectivity index (χ0n) is 15.0. The molecule has 1 rings (SSSR count). The molecule has 1 aromatic carbocycles. The fourth-order valence-corrected chi connectivity index (χ4v) is 3.01. The minimum Gasteiger partial charge on any atom is -0.382 e. The maximum Gasteiger partial charge on any atom is 0.0392 e. The Hall–Kier alpha value is -1.18. The summed E-state index contributed by atoms with van der Waals surface area (Å²) in [5.74, 6) is 1.44. The van der Waals surface area contributed by atoms with Crippen LogP contribution in [0, 0.1) is 18.8 Å². The molecule has 2 N–H and O–H groups in total. The lowest BCUT2D eigenvalue weighted by atomic mass is 10.0. The van der Waals surface area contributed by atoms with E-state index in [1.165, 1.54) is 29.8 Å². The third-order valence-corrected chi connectivity index (χ3v) is 3.79. The molecule has 21 heavy (non-hydrogen) atoms. The molecule has 2 heteroatoms. The zero-order valence-corrected chi connectivity index (χ0v) is 15.0. The van der Waals surface area contributed by atoms with E-state index >= 15 is 0 Å². The van der Waals surface area contributed by atoms with Gasteiger partial charge in [0, 0.05) is 23.5 Å². The molecule has 0 aliphatic heterocycles. The van der Waals surface area contributed by atoms with E-state index < -0.39 is 0 Å². The normalized spacial score (nSPS) is 14.3. The van der Waals surface area contributed by atoms with Crippen LogP contribution in [0.2, 0.25) is 0 Å². The van der Waals surface area contributed by atoms with Gasteiger partial charge in [0.15, 0.2) is 0 Å². The fraction of sp³-hybridized carbons (Fsp3) is 0.684. The van der Waals surface area contributed by atoms with E-state index in [1.54, 1.807) is 0 Å². The monoisotopic (exact) mass is 290 g/mol. The molecule has 0 aromatic heterocycles. The van der Waals surface area contributed by atoms with Gasteiger partial charge in [0.2, 0.25) is 0 Å². The zero-order chi connectivity index (χ0) is 16.0. The Bertz CT molecular complexity index is 387. The summed E-state index contributed by atoms with van der Waals surface area (Å²) in [5.41, 5.74) is 3.83. The summed E-state index contributed by atoms with van der Waals surface area (Å²) in [4.78, 5) is 0. The number of anilines is 2. The van der Waals surface area contributed by atoms with Crippen LogP contribution in [0.4, 0.5) is 11.4 Å². The highest BCUT2D eigenvalue weighted by Crippen LogP contribution is 2.26. The first-order valence-corrected chi connectivity index (χ1v) is 8.42. The van der Waals surface area contributed by atoms with Crippen LogP contribution in [0.5, 0.6) is 0 Å². The number of benzene rings is 1. The molecule has 0 saturated carbocycles. The molecule has 0 bridgehead atoms. The lowest BCUT2D eigenvalue weighted by molar-refractivity contribution is 0.538. The second-order valence-electron chi connectivity index (χ2n) is 7.33. The van der Waals surface area contributed by atoms with Gasteiger partial charge in [-0.25, -0.2) is 0 Å². The highest BCUT2D eigenvalue weighted by Gasteiger charge is 2.11. The van der Waals surface area contributed by atoms with Gasteiger partial charge in [-0.2, -0.15) is 0 Å². The predicted molar refractivity (Wildman–Crippen MR) is 96.3 cm³/mol. The largest absolute Gasteiger partial charge is 0.382 e. The van der Waals surface area contributed by atoms with Crippen LogP contribution < -0.4 is 10.6 Å². The molecule has 0 spiro atoms. The second kappa shape index (κ2) is 8.31. The molecule has 2 unspecified atom stereocenters. The van der Waals surface area contributed by atoms with Crippen molar-refractivity contribution < 1.29 is 0 Å². The predicted octanol–water partition coefficient (Wildman–Crippen LogP) is 5.69. The second-order valence-corrected chi connectivity index (χ2v) is 7.33. The van der Waals surface area contributed by atoms with E-state index in [1.807, 2.05) is 0 Å². The Morgan fingerprint density at radius 1 is 0.762 bits per heavy atom. The summed E-state index contributed by atoms with van der Waals surface area (Å²) in [7, 11) is 0. The average Bonchev–Trinajstić information content (AvgIpc) is 2.32. The van der Waals surface area contributed by atoms with E-state index in [0.29, 0.717) is 12.1 Å². The van der Waals surface area contributed by atoms with Crippen molar-refractivity contribution in [2.75, 3.05) is 10.6 Å². The van der Waals surface area contributed by atoms with E-state index in [-0.39, 0.29) is 0 Å². The maximum absolute atomic E-state index is 3.66. The Balaban J connectivity index is 2.74. The fourth-order valence-electron chi connectivity index (χ4n) is 3.01. The van der Waals surface area contributed by atoms with Crippen molar-refractivity contribution >= 4 is 11.4 Å². The molecule has 1 aromatic rings. The van der Waals surface area contributed by atoms with Gasteiger partial charge in [-0.1, -0.05) is 33.8 Å². The molecule has 0 aliphatic carbocycles. The van der Waals surface area contributed by atoms with Crippen molar-refractivity contribution in [3.8, 4) is 0 Å². The van der Waals surface area contributed by atoms with Crippen molar-refractivity contribution in [1.82, 2.24) is 0 Å². The van der Waals surface area contributed by atoms with Crippen molar-refractivity contribution in [2.24, 2.45) is 11.8 Å². The van der Waals surface area contributed by atoms with Crippen molar-refractivity contribution in [3.05, 3.63) is 23.8 Å². The van der Waals surface area contributed by atoms with Gasteiger partial charge in [-0.05, 0) is 63.1 Å². The Morgan fingerprint density at radius 2 is 1.14 bits per heavy atom. The molecule has 0 saturated heterocycles. The average molecular weight is 290 g/mol. The first-order valence-electron chi connectivity index (χ1n) is 8.42. The Kier molecular flexibility index (Phi) is 7.07. The lowest BCUT2D eigenvalue weighted by Crippen LogP contribution is -2.20. The van der Waals surface area contributed by atoms with Crippen molar-refractivity contribution in [2.45, 2.75) is 73.4 Å². The number of hydrogen-bond donors (Lipinski definition) is 2. The standard InChI is InChI=1S/C19H34N2/c1-13(2)11-15(5)20-18-9-8-10-19(17(18)7)21-16(6)12-14(3)4/h8-10,13-16,20-21H,11-12H2,1-7H3. The quantitative estimate of drug-likeness (QED) is 0.643. The highest BCUT2D eigenvalue weighted by molar-refractivity contribution is 5.65. The van der Waals surface area contributed by atoms with Crippen LogP contribution in [0.15, 0.2) is 18.2 Å². The van der Waals surface area contributed by atoms with Crippen LogP contribution in [0.25, 0.3) is 0 Å². The van der Waals surface area contributed by atoms with Gasteiger partial charge < -0.3 is 10.6 Å². The van der Waals surface area contributed by atoms with Crippen LogP contribution >= 0.6 is 0 Å². The highest BCUT2D eigenvalue weighted by atomic mass is 14.9. The van der Waals surface area contributed by atoms with E-state index in [9.17, 15) is 0 Å². The molecule has 2 nitrogen and oxygen atoms in total. The van der Waals surface area contributed by atoms with Gasteiger partial charge in [-0.15, -0.1) is 0 Å². The summed E-state index contributed by atoms with van der Waals surface area (Å²) in [6.45, 7) is 15.8. The summed E-state index contributed by atoms with van der Waals surface area (Å²) in [5, 5.41) is 7.31. The summed E-state index contributed by atoms with van der Waals surface area (Å²) in [6.07, 6.45) is 2.39. The van der Waals surface area contributed by atoms with E-state index in [4.69, 9.17) is 0 Å². The van der Waals surface area contributed by atoms with Crippen molar-refractivity contribution in [3.63, 3.8) is 0 Å². The van der Waals surface area contributed by atoms with Gasteiger partial charge in [0.1, 0.15) is 0 Å². The molecule has 0 aliphatic rings. The lowest BCUT2D eigenvalue weighted by Gasteiger charge is -2.23. The van der Waals surface area contributed by atoms with E-state index in [2.05, 4.69) is 77.3 Å². The first-order chi connectivity index (χ1) is 9.79. The molecule has 0 heterocycles. The molecule has 120 valence electrons. The van der Waals surface area contributed by atoms with Crippen molar-refractivity contribution in [1.29, 1.82) is 0 Å². The molecule has 0 amide bonds. The topological polar surface area (TPSA) is 24.1 Å². The van der Waals surface area contributed by atoms with Gasteiger partial charge in [-0.3, -0.25) is 0 Å². The van der Waals surface area contributed by atoms with Crippen LogP contribution in [0.3, 0.4) is 0 Å². The Labute approximate surface area is 131 Å². The van der Waals surface area contributed by atoms with Gasteiger partial charge >= 0.3 is 0 Å². The first kappa shape index (κ1) is 17.9. The molecular weight excluding hydrogens is 256 g/mol. The number of nitrogens with one attached hydrogen (secondary N) is 2. The van der Waals surface area contributed by atoms with E-state index in [0.717, 1.165) is 11.8 Å². The number of rotatable bonds is 8. The van der Waals surface area contributed by atoms with Crippen LogP contribution in [-0.4, -0.2) is 12.1 Å². The third kappa shape index (κ3) is 6.41. The van der Waals surface area contributed by atoms with Crippen LogP contribution in [0.1, 0.15) is 59.9 Å². The smallest absolute Gasteiger partial charge is 0.0392 e. The maximum atomic E-state index is 3.66. The minimum atomic E-state index is 0.507. The SMILES string of the molecule is Cc1c(NC(C)CC(C)C)cccc1NC(C)CC(C)C.